The number of hydrogen-bond acceptors (Lipinski definition) is 9. The number of rotatable bonds is 8. The third-order valence-corrected chi connectivity index (χ3v) is 5.11. The van der Waals surface area contributed by atoms with Crippen molar-refractivity contribution in [2.45, 2.75) is 45.1 Å². The minimum absolute atomic E-state index is 0.144. The maximum Gasteiger partial charge on any atom is 0.422 e. The molecule has 1 aliphatic rings. The van der Waals surface area contributed by atoms with Crippen molar-refractivity contribution < 1.29 is 42.8 Å². The third-order valence-electron chi connectivity index (χ3n) is 4.88. The van der Waals surface area contributed by atoms with E-state index in [2.05, 4.69) is 19.6 Å². The Labute approximate surface area is 225 Å². The van der Waals surface area contributed by atoms with Crippen LogP contribution in [0.25, 0.3) is 11.1 Å². The van der Waals surface area contributed by atoms with Crippen molar-refractivity contribution in [1.82, 2.24) is 10.4 Å². The summed E-state index contributed by atoms with van der Waals surface area (Å²) >= 11 is 5.96. The highest BCUT2D eigenvalue weighted by molar-refractivity contribution is 6.30. The van der Waals surface area contributed by atoms with Crippen LogP contribution in [0.3, 0.4) is 0 Å². The van der Waals surface area contributed by atoms with Gasteiger partial charge in [-0.25, -0.2) is 23.8 Å². The molecule has 208 valence electrons. The minimum Gasteiger partial charge on any atom is -0.467 e. The Kier molecular flexibility index (Phi) is 11.5. The lowest BCUT2D eigenvalue weighted by molar-refractivity contribution is -0.152. The van der Waals surface area contributed by atoms with Crippen molar-refractivity contribution in [3.8, 4) is 11.1 Å². The SMILES string of the molecule is COC(=O)[C@H](O)CN(Cc1ccc(-c2cc(Cl)ccc2F)cc1)NC(=O)OC(C)(C)C.COC(=O)[C@H]1CO1. The third kappa shape index (κ3) is 10.6. The molecule has 3 rings (SSSR count). The summed E-state index contributed by atoms with van der Waals surface area (Å²) in [6.07, 6.45) is -2.45. The second kappa shape index (κ2) is 14.1. The number of carbonyl (C=O) groups is 3. The van der Waals surface area contributed by atoms with Crippen LogP contribution < -0.4 is 5.43 Å². The highest BCUT2D eigenvalue weighted by Gasteiger charge is 2.32. The lowest BCUT2D eigenvalue weighted by atomic mass is 10.0. The van der Waals surface area contributed by atoms with Gasteiger partial charge in [-0.2, -0.15) is 0 Å². The molecule has 0 unspecified atom stereocenters. The van der Waals surface area contributed by atoms with Crippen LogP contribution in [0, 0.1) is 5.82 Å². The molecule has 0 radical (unpaired) electrons. The van der Waals surface area contributed by atoms with Gasteiger partial charge in [0.1, 0.15) is 11.4 Å². The molecule has 0 spiro atoms. The molecule has 2 aromatic rings. The van der Waals surface area contributed by atoms with Crippen molar-refractivity contribution in [1.29, 1.82) is 0 Å². The first-order valence-electron chi connectivity index (χ1n) is 11.6. The number of nitrogens with one attached hydrogen (secondary N) is 1. The van der Waals surface area contributed by atoms with Gasteiger partial charge in [-0.3, -0.25) is 5.43 Å². The number of benzene rings is 2. The van der Waals surface area contributed by atoms with E-state index in [1.165, 1.54) is 30.3 Å². The standard InChI is InChI=1S/C22H26ClFN2O5.C4H6O3/c1-22(2,3)31-21(29)25-26(13-19(27)20(28)30-4)12-14-5-7-15(8-6-14)17-11-16(23)9-10-18(17)24;1-6-4(5)3-2-7-3/h5-11,19,27H,12-13H2,1-4H3,(H,25,29);3H,2H2,1H3/t19-;3-/m11/s1. The predicted molar refractivity (Wildman–Crippen MR) is 136 cm³/mol. The lowest BCUT2D eigenvalue weighted by Crippen LogP contribution is -2.48. The highest BCUT2D eigenvalue weighted by atomic mass is 35.5. The highest BCUT2D eigenvalue weighted by Crippen LogP contribution is 2.26. The van der Waals surface area contributed by atoms with Crippen molar-refractivity contribution in [2.75, 3.05) is 27.4 Å². The fourth-order valence-corrected chi connectivity index (χ4v) is 3.22. The predicted octanol–water partition coefficient (Wildman–Crippen LogP) is 3.48. The molecule has 0 aromatic heterocycles. The van der Waals surface area contributed by atoms with Gasteiger partial charge in [-0.1, -0.05) is 35.9 Å². The Morgan fingerprint density at radius 3 is 2.29 bits per heavy atom. The molecule has 38 heavy (non-hydrogen) atoms. The van der Waals surface area contributed by atoms with E-state index in [9.17, 15) is 23.9 Å². The molecule has 1 amide bonds. The molecule has 1 aliphatic heterocycles. The van der Waals surface area contributed by atoms with Gasteiger partial charge in [0, 0.05) is 17.1 Å². The zero-order valence-corrected chi connectivity index (χ0v) is 22.6. The average molecular weight is 555 g/mol. The number of halogens is 2. The van der Waals surface area contributed by atoms with E-state index >= 15 is 0 Å². The van der Waals surface area contributed by atoms with Gasteiger partial charge < -0.3 is 24.1 Å². The van der Waals surface area contributed by atoms with Crippen molar-refractivity contribution >= 4 is 29.6 Å². The first-order chi connectivity index (χ1) is 17.8. The maximum absolute atomic E-state index is 14.1. The normalized spacial score (nSPS) is 15.0. The minimum atomic E-state index is -1.47. The Morgan fingerprint density at radius 1 is 1.16 bits per heavy atom. The largest absolute Gasteiger partial charge is 0.467 e. The summed E-state index contributed by atoms with van der Waals surface area (Å²) < 4.78 is 32.8. The van der Waals surface area contributed by atoms with Crippen LogP contribution in [0.4, 0.5) is 9.18 Å². The van der Waals surface area contributed by atoms with Crippen LogP contribution >= 0.6 is 11.6 Å². The van der Waals surface area contributed by atoms with Gasteiger partial charge in [0.25, 0.3) is 0 Å². The van der Waals surface area contributed by atoms with Crippen LogP contribution in [0.5, 0.6) is 0 Å². The lowest BCUT2D eigenvalue weighted by Gasteiger charge is -2.27. The van der Waals surface area contributed by atoms with Crippen molar-refractivity contribution in [3.63, 3.8) is 0 Å². The Balaban J connectivity index is 0.000000624. The molecule has 0 bridgehead atoms. The number of ether oxygens (including phenoxy) is 4. The number of aliphatic hydroxyl groups excluding tert-OH is 1. The Morgan fingerprint density at radius 2 is 1.79 bits per heavy atom. The number of amides is 1. The number of hydrogen-bond donors (Lipinski definition) is 2. The second-order valence-corrected chi connectivity index (χ2v) is 9.64. The van der Waals surface area contributed by atoms with E-state index in [0.29, 0.717) is 22.8 Å². The van der Waals surface area contributed by atoms with Crippen LogP contribution in [0.1, 0.15) is 26.3 Å². The van der Waals surface area contributed by atoms with Crippen LogP contribution in [0.15, 0.2) is 42.5 Å². The summed E-state index contributed by atoms with van der Waals surface area (Å²) in [6, 6.07) is 11.2. The monoisotopic (exact) mass is 554 g/mol. The number of hydrazine groups is 1. The van der Waals surface area contributed by atoms with Crippen LogP contribution in [0.2, 0.25) is 5.02 Å². The molecule has 1 saturated heterocycles. The Bertz CT molecular complexity index is 1100. The summed E-state index contributed by atoms with van der Waals surface area (Å²) in [5, 5.41) is 11.8. The van der Waals surface area contributed by atoms with Gasteiger partial charge in [0.2, 0.25) is 0 Å². The van der Waals surface area contributed by atoms with Gasteiger partial charge >= 0.3 is 18.0 Å². The average Bonchev–Trinajstić information content (AvgIpc) is 3.70. The van der Waals surface area contributed by atoms with Crippen molar-refractivity contribution in [3.05, 3.63) is 58.9 Å². The molecular formula is C26H32ClFN2O8. The molecule has 12 heteroatoms. The molecule has 2 atom stereocenters. The Hall–Kier alpha value is -3.25. The molecule has 0 aliphatic carbocycles. The summed E-state index contributed by atoms with van der Waals surface area (Å²) in [5.74, 6) is -1.49. The first-order valence-corrected chi connectivity index (χ1v) is 11.9. The fourth-order valence-electron chi connectivity index (χ4n) is 3.04. The quantitative estimate of drug-likeness (QED) is 0.218. The van der Waals surface area contributed by atoms with E-state index in [4.69, 9.17) is 16.3 Å². The van der Waals surface area contributed by atoms with E-state index in [1.807, 2.05) is 0 Å². The van der Waals surface area contributed by atoms with Gasteiger partial charge in [-0.15, -0.1) is 0 Å². The van der Waals surface area contributed by atoms with E-state index < -0.39 is 29.6 Å². The van der Waals surface area contributed by atoms with Gasteiger partial charge in [0.15, 0.2) is 12.2 Å². The van der Waals surface area contributed by atoms with Gasteiger partial charge in [-0.05, 0) is 50.1 Å². The number of esters is 2. The number of aliphatic hydroxyl groups is 1. The van der Waals surface area contributed by atoms with Crippen LogP contribution in [-0.4, -0.2) is 73.3 Å². The number of epoxide rings is 1. The number of nitrogens with zero attached hydrogens (tertiary/aromatic N) is 1. The molecule has 0 saturated carbocycles. The second-order valence-electron chi connectivity index (χ2n) is 9.20. The zero-order valence-electron chi connectivity index (χ0n) is 21.8. The van der Waals surface area contributed by atoms with E-state index in [-0.39, 0.29) is 25.2 Å². The molecule has 1 fully saturated rings. The van der Waals surface area contributed by atoms with Gasteiger partial charge in [0.05, 0.1) is 27.4 Å². The summed E-state index contributed by atoms with van der Waals surface area (Å²) in [4.78, 5) is 34.0. The van der Waals surface area contributed by atoms with Crippen LogP contribution in [-0.2, 0) is 35.1 Å². The molecule has 1 heterocycles. The number of carbonyl (C=O) groups excluding carboxylic acids is 3. The zero-order chi connectivity index (χ0) is 28.5. The molecule has 2 aromatic carbocycles. The summed E-state index contributed by atoms with van der Waals surface area (Å²) in [7, 11) is 2.51. The summed E-state index contributed by atoms with van der Waals surface area (Å²) in [5.41, 5.74) is 3.53. The topological polar surface area (TPSA) is 127 Å². The van der Waals surface area contributed by atoms with E-state index in [0.717, 1.165) is 12.7 Å². The van der Waals surface area contributed by atoms with E-state index in [1.54, 1.807) is 45.0 Å². The first kappa shape index (κ1) is 31.0. The van der Waals surface area contributed by atoms with Crippen molar-refractivity contribution in [2.24, 2.45) is 0 Å². The fraction of sp³-hybridized carbons (Fsp3) is 0.423. The molecular weight excluding hydrogens is 523 g/mol. The maximum atomic E-state index is 14.1. The summed E-state index contributed by atoms with van der Waals surface area (Å²) in [6.45, 7) is 5.60. The molecule has 2 N–H and O–H groups in total. The smallest absolute Gasteiger partial charge is 0.422 e. The molecule has 10 nitrogen and oxygen atoms in total. The number of methoxy groups -OCH3 is 2.